The molecule has 5 heteroatoms. The normalized spacial score (nSPS) is 15.5. The molecule has 2 N–H and O–H groups in total. The maximum Gasteiger partial charge on any atom is 0.236 e. The van der Waals surface area contributed by atoms with Gasteiger partial charge in [0.05, 0.1) is 19.8 Å². The second-order valence-electron chi connectivity index (χ2n) is 5.27. The Labute approximate surface area is 126 Å². The standard InChI is InChI=1S/C16H25N3O2/c1-2-18(12-15-6-4-3-5-14(15)11-17)13-16(20)19-7-9-21-10-8-19/h3-6H,2,7-13,17H2,1H3. The summed E-state index contributed by atoms with van der Waals surface area (Å²) in [4.78, 5) is 16.4. The smallest absolute Gasteiger partial charge is 0.236 e. The molecule has 5 nitrogen and oxygen atoms in total. The lowest BCUT2D eigenvalue weighted by atomic mass is 10.1. The maximum atomic E-state index is 12.3. The van der Waals surface area contributed by atoms with E-state index in [1.807, 2.05) is 23.1 Å². The van der Waals surface area contributed by atoms with Crippen LogP contribution in [-0.2, 0) is 22.6 Å². The number of rotatable bonds is 6. The molecule has 1 aromatic carbocycles. The molecule has 1 aliphatic rings. The third-order valence-corrected chi connectivity index (χ3v) is 3.90. The molecule has 1 amide bonds. The first-order valence-corrected chi connectivity index (χ1v) is 7.59. The second-order valence-corrected chi connectivity index (χ2v) is 5.27. The van der Waals surface area contributed by atoms with Crippen molar-refractivity contribution in [2.45, 2.75) is 20.0 Å². The number of hydrogen-bond donors (Lipinski definition) is 1. The third-order valence-electron chi connectivity index (χ3n) is 3.90. The van der Waals surface area contributed by atoms with Crippen molar-refractivity contribution in [3.05, 3.63) is 35.4 Å². The van der Waals surface area contributed by atoms with Crippen LogP contribution in [0.3, 0.4) is 0 Å². The lowest BCUT2D eigenvalue weighted by Crippen LogP contribution is -2.45. The van der Waals surface area contributed by atoms with Crippen molar-refractivity contribution in [1.29, 1.82) is 0 Å². The molecule has 1 aromatic rings. The van der Waals surface area contributed by atoms with Gasteiger partial charge in [-0.1, -0.05) is 31.2 Å². The molecule has 1 aliphatic heterocycles. The summed E-state index contributed by atoms with van der Waals surface area (Å²) in [5, 5.41) is 0. The fourth-order valence-electron chi connectivity index (χ4n) is 2.54. The molecule has 1 fully saturated rings. The molecule has 0 spiro atoms. The number of carbonyl (C=O) groups excluding carboxylic acids is 1. The van der Waals surface area contributed by atoms with E-state index < -0.39 is 0 Å². The van der Waals surface area contributed by atoms with Crippen LogP contribution in [-0.4, -0.2) is 55.1 Å². The number of likely N-dealkylation sites (N-methyl/N-ethyl adjacent to an activating group) is 1. The molecule has 1 heterocycles. The Morgan fingerprint density at radius 1 is 1.29 bits per heavy atom. The highest BCUT2D eigenvalue weighted by molar-refractivity contribution is 5.78. The Balaban J connectivity index is 1.94. The Hall–Kier alpha value is -1.43. The average molecular weight is 291 g/mol. The van der Waals surface area contributed by atoms with Crippen molar-refractivity contribution in [3.8, 4) is 0 Å². The Morgan fingerprint density at radius 3 is 2.57 bits per heavy atom. The highest BCUT2D eigenvalue weighted by Gasteiger charge is 2.19. The van der Waals surface area contributed by atoms with E-state index in [4.69, 9.17) is 10.5 Å². The molecule has 0 radical (unpaired) electrons. The van der Waals surface area contributed by atoms with Crippen LogP contribution in [0.2, 0.25) is 0 Å². The molecule has 0 aromatic heterocycles. The van der Waals surface area contributed by atoms with Crippen molar-refractivity contribution in [2.75, 3.05) is 39.4 Å². The minimum atomic E-state index is 0.186. The van der Waals surface area contributed by atoms with E-state index in [-0.39, 0.29) is 5.91 Å². The van der Waals surface area contributed by atoms with E-state index in [9.17, 15) is 4.79 Å². The van der Waals surface area contributed by atoms with Gasteiger partial charge >= 0.3 is 0 Å². The van der Waals surface area contributed by atoms with Gasteiger partial charge in [-0.3, -0.25) is 9.69 Å². The van der Waals surface area contributed by atoms with Crippen LogP contribution in [0.15, 0.2) is 24.3 Å². The molecule has 0 saturated carbocycles. The minimum Gasteiger partial charge on any atom is -0.378 e. The van der Waals surface area contributed by atoms with Crippen molar-refractivity contribution >= 4 is 5.91 Å². The molecular weight excluding hydrogens is 266 g/mol. The largest absolute Gasteiger partial charge is 0.378 e. The first-order chi connectivity index (χ1) is 10.2. The molecule has 21 heavy (non-hydrogen) atoms. The molecule has 116 valence electrons. The number of benzene rings is 1. The second kappa shape index (κ2) is 8.12. The van der Waals surface area contributed by atoms with Gasteiger partial charge in [-0.15, -0.1) is 0 Å². The summed E-state index contributed by atoms with van der Waals surface area (Å²) in [6, 6.07) is 8.16. The van der Waals surface area contributed by atoms with Gasteiger partial charge in [0.1, 0.15) is 0 Å². The predicted octanol–water partition coefficient (Wildman–Crippen LogP) is 0.826. The summed E-state index contributed by atoms with van der Waals surface area (Å²) in [5.74, 6) is 0.186. The molecule has 0 unspecified atom stereocenters. The Kier molecular flexibility index (Phi) is 6.17. The predicted molar refractivity (Wildman–Crippen MR) is 82.7 cm³/mol. The molecule has 1 saturated heterocycles. The minimum absolute atomic E-state index is 0.186. The van der Waals surface area contributed by atoms with Crippen LogP contribution in [0.4, 0.5) is 0 Å². The van der Waals surface area contributed by atoms with Crippen LogP contribution in [0, 0.1) is 0 Å². The summed E-state index contributed by atoms with van der Waals surface area (Å²) in [6.07, 6.45) is 0. The fraction of sp³-hybridized carbons (Fsp3) is 0.562. The van der Waals surface area contributed by atoms with Gasteiger partial charge in [-0.2, -0.15) is 0 Å². The molecule has 0 aliphatic carbocycles. The lowest BCUT2D eigenvalue weighted by Gasteiger charge is -2.29. The first-order valence-electron chi connectivity index (χ1n) is 7.59. The number of nitrogens with two attached hydrogens (primary N) is 1. The zero-order valence-corrected chi connectivity index (χ0v) is 12.8. The number of nitrogens with zero attached hydrogens (tertiary/aromatic N) is 2. The van der Waals surface area contributed by atoms with Crippen molar-refractivity contribution in [3.63, 3.8) is 0 Å². The number of carbonyl (C=O) groups is 1. The summed E-state index contributed by atoms with van der Waals surface area (Å²) in [5.41, 5.74) is 8.13. The Bertz CT molecular complexity index is 459. The van der Waals surface area contributed by atoms with Crippen molar-refractivity contribution in [1.82, 2.24) is 9.80 Å². The van der Waals surface area contributed by atoms with Crippen LogP contribution in [0.1, 0.15) is 18.1 Å². The lowest BCUT2D eigenvalue weighted by molar-refractivity contribution is -0.136. The highest BCUT2D eigenvalue weighted by atomic mass is 16.5. The summed E-state index contributed by atoms with van der Waals surface area (Å²) in [7, 11) is 0. The van der Waals surface area contributed by atoms with Crippen LogP contribution in [0.25, 0.3) is 0 Å². The third kappa shape index (κ3) is 4.52. The van der Waals surface area contributed by atoms with Gasteiger partial charge in [0, 0.05) is 26.2 Å². The fourth-order valence-corrected chi connectivity index (χ4v) is 2.54. The van der Waals surface area contributed by atoms with E-state index in [1.54, 1.807) is 0 Å². The first kappa shape index (κ1) is 15.9. The van der Waals surface area contributed by atoms with Crippen LogP contribution >= 0.6 is 0 Å². The number of amides is 1. The molecule has 0 atom stereocenters. The van der Waals surface area contributed by atoms with Crippen molar-refractivity contribution in [2.24, 2.45) is 5.73 Å². The van der Waals surface area contributed by atoms with E-state index in [2.05, 4.69) is 17.9 Å². The summed E-state index contributed by atoms with van der Waals surface area (Å²) < 4.78 is 5.29. The van der Waals surface area contributed by atoms with Gasteiger partial charge in [0.15, 0.2) is 0 Å². The van der Waals surface area contributed by atoms with Gasteiger partial charge in [0.2, 0.25) is 5.91 Å². The topological polar surface area (TPSA) is 58.8 Å². The van der Waals surface area contributed by atoms with Crippen LogP contribution in [0.5, 0.6) is 0 Å². The Morgan fingerprint density at radius 2 is 1.95 bits per heavy atom. The number of ether oxygens (including phenoxy) is 1. The van der Waals surface area contributed by atoms with Crippen LogP contribution < -0.4 is 5.73 Å². The van der Waals surface area contributed by atoms with E-state index in [0.29, 0.717) is 39.4 Å². The maximum absolute atomic E-state index is 12.3. The van der Waals surface area contributed by atoms with Gasteiger partial charge in [-0.25, -0.2) is 0 Å². The van der Waals surface area contributed by atoms with E-state index in [0.717, 1.165) is 18.7 Å². The molecular formula is C16H25N3O2. The summed E-state index contributed by atoms with van der Waals surface area (Å²) >= 11 is 0. The molecule has 0 bridgehead atoms. The zero-order valence-electron chi connectivity index (χ0n) is 12.8. The van der Waals surface area contributed by atoms with Crippen molar-refractivity contribution < 1.29 is 9.53 Å². The van der Waals surface area contributed by atoms with Gasteiger partial charge in [-0.05, 0) is 17.7 Å². The van der Waals surface area contributed by atoms with E-state index >= 15 is 0 Å². The SMILES string of the molecule is CCN(CC(=O)N1CCOCC1)Cc1ccccc1CN. The number of morpholine rings is 1. The van der Waals surface area contributed by atoms with Gasteiger partial charge in [0.25, 0.3) is 0 Å². The quantitative estimate of drug-likeness (QED) is 0.843. The highest BCUT2D eigenvalue weighted by Crippen LogP contribution is 2.11. The monoisotopic (exact) mass is 291 g/mol. The molecule has 2 rings (SSSR count). The zero-order chi connectivity index (χ0) is 15.1. The summed E-state index contributed by atoms with van der Waals surface area (Å²) in [6.45, 7) is 7.38. The van der Waals surface area contributed by atoms with E-state index in [1.165, 1.54) is 5.56 Å². The average Bonchev–Trinajstić information content (AvgIpc) is 2.55. The number of hydrogen-bond acceptors (Lipinski definition) is 4. The van der Waals surface area contributed by atoms with Gasteiger partial charge < -0.3 is 15.4 Å².